The lowest BCUT2D eigenvalue weighted by molar-refractivity contribution is 0.462. The van der Waals surface area contributed by atoms with Crippen molar-refractivity contribution in [1.82, 2.24) is 0 Å². The van der Waals surface area contributed by atoms with Gasteiger partial charge < -0.3 is 10.6 Å². The van der Waals surface area contributed by atoms with E-state index in [0.717, 1.165) is 32.4 Å². The van der Waals surface area contributed by atoms with Crippen molar-refractivity contribution in [1.29, 1.82) is 5.26 Å². The predicted octanol–water partition coefficient (Wildman–Crippen LogP) is 2.85. The first-order valence-electron chi connectivity index (χ1n) is 7.21. The van der Waals surface area contributed by atoms with Crippen molar-refractivity contribution in [2.75, 3.05) is 18.0 Å². The van der Waals surface area contributed by atoms with Crippen molar-refractivity contribution >= 4 is 5.69 Å². The van der Waals surface area contributed by atoms with Crippen LogP contribution in [0, 0.1) is 11.3 Å². The van der Waals surface area contributed by atoms with Gasteiger partial charge in [-0.15, -0.1) is 0 Å². The van der Waals surface area contributed by atoms with Crippen LogP contribution in [0.5, 0.6) is 0 Å². The average Bonchev–Trinajstić information content (AvgIpc) is 2.47. The molecule has 0 aliphatic carbocycles. The van der Waals surface area contributed by atoms with Crippen LogP contribution in [0.15, 0.2) is 24.3 Å². The normalized spacial score (nSPS) is 17.4. The molecule has 1 aliphatic heterocycles. The van der Waals surface area contributed by atoms with E-state index in [2.05, 4.69) is 35.2 Å². The van der Waals surface area contributed by atoms with E-state index in [1.54, 1.807) is 0 Å². The first-order chi connectivity index (χ1) is 9.18. The maximum atomic E-state index is 9.09. The molecule has 0 spiro atoms. The Morgan fingerprint density at radius 1 is 1.42 bits per heavy atom. The summed E-state index contributed by atoms with van der Waals surface area (Å²) in [6.45, 7) is 4.10. The molecule has 3 heteroatoms. The number of rotatable bonds is 5. The molecule has 1 unspecified atom stereocenters. The molecule has 2 N–H and O–H groups in total. The molecule has 1 atom stereocenters. The number of benzene rings is 1. The van der Waals surface area contributed by atoms with Gasteiger partial charge in [0.05, 0.1) is 6.07 Å². The van der Waals surface area contributed by atoms with E-state index in [1.807, 2.05) is 6.92 Å². The fourth-order valence-corrected chi connectivity index (χ4v) is 2.74. The number of hydrogen-bond acceptors (Lipinski definition) is 3. The van der Waals surface area contributed by atoms with Crippen molar-refractivity contribution in [3.8, 4) is 6.07 Å². The maximum absolute atomic E-state index is 9.09. The van der Waals surface area contributed by atoms with Crippen LogP contribution in [-0.2, 0) is 6.42 Å². The predicted molar refractivity (Wildman–Crippen MR) is 79.0 cm³/mol. The molecule has 1 aromatic rings. The Bertz CT molecular complexity index is 463. The van der Waals surface area contributed by atoms with Gasteiger partial charge in [0, 0.05) is 18.8 Å². The summed E-state index contributed by atoms with van der Waals surface area (Å²) < 4.78 is 0. The highest BCUT2D eigenvalue weighted by Gasteiger charge is 2.22. The summed E-state index contributed by atoms with van der Waals surface area (Å²) >= 11 is 0. The molecular weight excluding hydrogens is 234 g/mol. The second-order valence-corrected chi connectivity index (χ2v) is 5.44. The van der Waals surface area contributed by atoms with E-state index < -0.39 is 5.54 Å². The highest BCUT2D eigenvalue weighted by Crippen LogP contribution is 2.27. The lowest BCUT2D eigenvalue weighted by Crippen LogP contribution is -2.38. The second-order valence-electron chi connectivity index (χ2n) is 5.44. The number of hydrogen-bond donors (Lipinski definition) is 1. The van der Waals surface area contributed by atoms with Gasteiger partial charge in [0.2, 0.25) is 0 Å². The number of aryl methyl sites for hydroxylation is 1. The average molecular weight is 257 g/mol. The Morgan fingerprint density at radius 3 is 2.95 bits per heavy atom. The van der Waals surface area contributed by atoms with Gasteiger partial charge in [-0.25, -0.2) is 0 Å². The summed E-state index contributed by atoms with van der Waals surface area (Å²) in [4.78, 5) is 2.44. The Kier molecular flexibility index (Phi) is 4.44. The molecule has 1 aliphatic rings. The number of nitriles is 1. The molecule has 0 saturated heterocycles. The third-order valence-electron chi connectivity index (χ3n) is 4.11. The molecule has 0 bridgehead atoms. The molecule has 0 saturated carbocycles. The minimum atomic E-state index is -0.644. The molecule has 1 aromatic carbocycles. The molecule has 19 heavy (non-hydrogen) atoms. The Balaban J connectivity index is 1.93. The first kappa shape index (κ1) is 13.9. The lowest BCUT2D eigenvalue weighted by atomic mass is 9.93. The van der Waals surface area contributed by atoms with Gasteiger partial charge in [-0.05, 0) is 43.7 Å². The summed E-state index contributed by atoms with van der Waals surface area (Å²) in [5.74, 6) is 0. The van der Waals surface area contributed by atoms with Gasteiger partial charge in [-0.3, -0.25) is 0 Å². The Morgan fingerprint density at radius 2 is 2.21 bits per heavy atom. The topological polar surface area (TPSA) is 53.1 Å². The number of nitrogens with zero attached hydrogens (tertiary/aromatic N) is 2. The summed E-state index contributed by atoms with van der Waals surface area (Å²) in [5.41, 5.74) is 8.20. The molecule has 0 radical (unpaired) electrons. The molecular formula is C16H23N3. The van der Waals surface area contributed by atoms with Crippen LogP contribution in [0.2, 0.25) is 0 Å². The molecule has 0 amide bonds. The van der Waals surface area contributed by atoms with Gasteiger partial charge in [-0.1, -0.05) is 25.1 Å². The van der Waals surface area contributed by atoms with Gasteiger partial charge in [0.1, 0.15) is 5.54 Å². The Hall–Kier alpha value is -1.53. The lowest BCUT2D eigenvalue weighted by Gasteiger charge is -2.32. The molecule has 3 nitrogen and oxygen atoms in total. The van der Waals surface area contributed by atoms with E-state index in [-0.39, 0.29) is 0 Å². The standard InChI is InChI=1S/C16H23N3/c1-2-16(18,13-17)10-6-12-19-11-5-8-14-7-3-4-9-15(14)19/h3-4,7,9H,2,5-6,8,10-12,18H2,1H3. The zero-order chi connectivity index (χ0) is 13.7. The van der Waals surface area contributed by atoms with Crippen LogP contribution < -0.4 is 10.6 Å². The summed E-state index contributed by atoms with van der Waals surface area (Å²) in [6, 6.07) is 10.9. The second kappa shape index (κ2) is 6.08. The van der Waals surface area contributed by atoms with Crippen LogP contribution in [0.1, 0.15) is 38.2 Å². The zero-order valence-corrected chi connectivity index (χ0v) is 11.7. The van der Waals surface area contributed by atoms with Gasteiger partial charge in [-0.2, -0.15) is 5.26 Å². The maximum Gasteiger partial charge on any atom is 0.104 e. The number of nitrogens with two attached hydrogens (primary N) is 1. The number of para-hydroxylation sites is 1. The molecule has 0 aromatic heterocycles. The number of fused-ring (bicyclic) bond motifs is 1. The van der Waals surface area contributed by atoms with Crippen molar-refractivity contribution in [2.24, 2.45) is 5.73 Å². The highest BCUT2D eigenvalue weighted by molar-refractivity contribution is 5.55. The van der Waals surface area contributed by atoms with Crippen LogP contribution in [0.4, 0.5) is 5.69 Å². The van der Waals surface area contributed by atoms with E-state index in [4.69, 9.17) is 11.0 Å². The third-order valence-corrected chi connectivity index (χ3v) is 4.11. The quantitative estimate of drug-likeness (QED) is 0.882. The summed E-state index contributed by atoms with van der Waals surface area (Å²) in [7, 11) is 0. The van der Waals surface area contributed by atoms with Crippen molar-refractivity contribution in [3.05, 3.63) is 29.8 Å². The van der Waals surface area contributed by atoms with Gasteiger partial charge >= 0.3 is 0 Å². The van der Waals surface area contributed by atoms with E-state index >= 15 is 0 Å². The largest absolute Gasteiger partial charge is 0.371 e. The molecule has 102 valence electrons. The van der Waals surface area contributed by atoms with E-state index in [9.17, 15) is 0 Å². The zero-order valence-electron chi connectivity index (χ0n) is 11.7. The number of anilines is 1. The van der Waals surface area contributed by atoms with Gasteiger partial charge in [0.15, 0.2) is 0 Å². The van der Waals surface area contributed by atoms with E-state index in [0.29, 0.717) is 0 Å². The van der Waals surface area contributed by atoms with Crippen molar-refractivity contribution < 1.29 is 0 Å². The summed E-state index contributed by atoms with van der Waals surface area (Å²) in [6.07, 6.45) is 4.88. The fraction of sp³-hybridized carbons (Fsp3) is 0.562. The molecule has 2 rings (SSSR count). The monoisotopic (exact) mass is 257 g/mol. The van der Waals surface area contributed by atoms with Crippen LogP contribution in [0.3, 0.4) is 0 Å². The Labute approximate surface area is 116 Å². The van der Waals surface area contributed by atoms with Crippen LogP contribution >= 0.6 is 0 Å². The van der Waals surface area contributed by atoms with E-state index in [1.165, 1.54) is 24.1 Å². The molecule has 1 heterocycles. The third kappa shape index (κ3) is 3.27. The highest BCUT2D eigenvalue weighted by atomic mass is 15.1. The minimum absolute atomic E-state index is 0.644. The van der Waals surface area contributed by atoms with Gasteiger partial charge in [0.25, 0.3) is 0 Å². The van der Waals surface area contributed by atoms with Crippen LogP contribution in [0.25, 0.3) is 0 Å². The smallest absolute Gasteiger partial charge is 0.104 e. The van der Waals surface area contributed by atoms with Crippen molar-refractivity contribution in [3.63, 3.8) is 0 Å². The van der Waals surface area contributed by atoms with Crippen LogP contribution in [-0.4, -0.2) is 18.6 Å². The molecule has 0 fully saturated rings. The van der Waals surface area contributed by atoms with Crippen molar-refractivity contribution in [2.45, 2.75) is 44.6 Å². The minimum Gasteiger partial charge on any atom is -0.371 e. The first-order valence-corrected chi connectivity index (χ1v) is 7.21. The summed E-state index contributed by atoms with van der Waals surface area (Å²) in [5, 5.41) is 9.09. The SMILES string of the molecule is CCC(N)(C#N)CCCN1CCCc2ccccc21. The fourth-order valence-electron chi connectivity index (χ4n) is 2.74.